The lowest BCUT2D eigenvalue weighted by Gasteiger charge is -2.14. The lowest BCUT2D eigenvalue weighted by Crippen LogP contribution is -2.16. The Morgan fingerprint density at radius 1 is 1.03 bits per heavy atom. The molecule has 2 aromatic heterocycles. The molecule has 0 aliphatic carbocycles. The van der Waals surface area contributed by atoms with E-state index in [0.717, 1.165) is 6.07 Å². The van der Waals surface area contributed by atoms with Gasteiger partial charge in [-0.05, 0) is 32.0 Å². The highest BCUT2D eigenvalue weighted by Gasteiger charge is 2.25. The van der Waals surface area contributed by atoms with Gasteiger partial charge in [-0.15, -0.1) is 0 Å². The van der Waals surface area contributed by atoms with Crippen molar-refractivity contribution >= 4 is 44.5 Å². The smallest absolute Gasteiger partial charge is 0.267 e. The average Bonchev–Trinajstić information content (AvgIpc) is 2.88. The predicted molar refractivity (Wildman–Crippen MR) is 143 cm³/mol. The molecule has 1 aromatic carbocycles. The molecule has 0 unspecified atom stereocenters. The standard InChI is InChI=1S/C20H17Cl2FN4O4S.2C2H6/c1-10(11(2)28)15-8-25-16(9-24-15)18-13(22)4-5-14(19(18)23)27-32(29,30)17-6-12(21)7-26-20(17)31-3;2*1-2/h4-9,27-28H,1-3H3;2*1-2H3/b11-10-;;. The molecule has 3 rings (SSSR count). The molecule has 0 amide bonds. The molecule has 0 radical (unpaired) electrons. The Hall–Kier alpha value is -2.95. The third-order valence-electron chi connectivity index (χ3n) is 4.44. The fourth-order valence-electron chi connectivity index (χ4n) is 2.66. The number of allylic oxidation sites excluding steroid dienone is 2. The largest absolute Gasteiger partial charge is 0.512 e. The maximum absolute atomic E-state index is 15.3. The van der Waals surface area contributed by atoms with E-state index in [1.165, 1.54) is 44.8 Å². The number of halogens is 3. The van der Waals surface area contributed by atoms with Gasteiger partial charge in [-0.3, -0.25) is 14.7 Å². The molecule has 36 heavy (non-hydrogen) atoms. The average molecular weight is 559 g/mol. The summed E-state index contributed by atoms with van der Waals surface area (Å²) in [6, 6.07) is 3.63. The first-order valence-electron chi connectivity index (χ1n) is 10.9. The van der Waals surface area contributed by atoms with Gasteiger partial charge in [0.05, 0.1) is 57.9 Å². The number of benzene rings is 1. The van der Waals surface area contributed by atoms with E-state index < -0.39 is 15.8 Å². The Morgan fingerprint density at radius 2 is 1.67 bits per heavy atom. The fraction of sp³-hybridized carbons (Fsp3) is 0.292. The van der Waals surface area contributed by atoms with Crippen LogP contribution in [0.1, 0.15) is 47.2 Å². The van der Waals surface area contributed by atoms with Gasteiger partial charge in [0, 0.05) is 11.8 Å². The minimum atomic E-state index is -4.32. The van der Waals surface area contributed by atoms with Gasteiger partial charge >= 0.3 is 0 Å². The highest BCUT2D eigenvalue weighted by Crippen LogP contribution is 2.35. The van der Waals surface area contributed by atoms with Crippen LogP contribution in [0.4, 0.5) is 10.1 Å². The highest BCUT2D eigenvalue weighted by molar-refractivity contribution is 7.92. The fourth-order valence-corrected chi connectivity index (χ4v) is 4.33. The molecule has 8 nitrogen and oxygen atoms in total. The molecule has 2 heterocycles. The number of hydrogen-bond acceptors (Lipinski definition) is 7. The summed E-state index contributed by atoms with van der Waals surface area (Å²) >= 11 is 12.0. The van der Waals surface area contributed by atoms with E-state index in [0.29, 0.717) is 11.3 Å². The van der Waals surface area contributed by atoms with E-state index in [4.69, 9.17) is 27.9 Å². The molecule has 0 aliphatic rings. The third kappa shape index (κ3) is 7.28. The van der Waals surface area contributed by atoms with Crippen LogP contribution in [0.3, 0.4) is 0 Å². The molecule has 12 heteroatoms. The summed E-state index contributed by atoms with van der Waals surface area (Å²) < 4.78 is 48.2. The van der Waals surface area contributed by atoms with E-state index in [1.807, 2.05) is 27.7 Å². The topological polar surface area (TPSA) is 114 Å². The van der Waals surface area contributed by atoms with Gasteiger partial charge in [-0.2, -0.15) is 0 Å². The normalized spacial score (nSPS) is 11.3. The maximum atomic E-state index is 15.3. The molecule has 0 fully saturated rings. The van der Waals surface area contributed by atoms with Gasteiger partial charge in [0.15, 0.2) is 10.7 Å². The predicted octanol–water partition coefficient (Wildman–Crippen LogP) is 7.16. The lowest BCUT2D eigenvalue weighted by molar-refractivity contribution is 0.385. The number of sulfonamides is 1. The first kappa shape index (κ1) is 31.1. The minimum absolute atomic E-state index is 0.0000958. The lowest BCUT2D eigenvalue weighted by atomic mass is 10.1. The zero-order chi connectivity index (χ0) is 27.6. The van der Waals surface area contributed by atoms with Crippen LogP contribution in [-0.2, 0) is 10.0 Å². The monoisotopic (exact) mass is 558 g/mol. The second-order valence-corrected chi connectivity index (χ2v) is 9.04. The van der Waals surface area contributed by atoms with Crippen LogP contribution in [0.25, 0.3) is 16.8 Å². The summed E-state index contributed by atoms with van der Waals surface area (Å²) in [7, 11) is -3.07. The van der Waals surface area contributed by atoms with Crippen molar-refractivity contribution in [2.24, 2.45) is 0 Å². The highest BCUT2D eigenvalue weighted by atomic mass is 35.5. The second kappa shape index (κ2) is 14.0. The Labute approximate surface area is 221 Å². The van der Waals surface area contributed by atoms with Crippen LogP contribution in [-0.4, -0.2) is 35.6 Å². The van der Waals surface area contributed by atoms with Crippen LogP contribution < -0.4 is 9.46 Å². The number of pyridine rings is 1. The number of nitrogens with zero attached hydrogens (tertiary/aromatic N) is 3. The molecule has 3 aromatic rings. The van der Waals surface area contributed by atoms with Gasteiger partial charge in [0.2, 0.25) is 5.88 Å². The van der Waals surface area contributed by atoms with Gasteiger partial charge in [0.25, 0.3) is 10.0 Å². The maximum Gasteiger partial charge on any atom is 0.267 e. The van der Waals surface area contributed by atoms with Gasteiger partial charge in [-0.1, -0.05) is 50.9 Å². The number of rotatable bonds is 6. The van der Waals surface area contributed by atoms with Crippen LogP contribution >= 0.6 is 23.2 Å². The number of aliphatic hydroxyl groups is 1. The summed E-state index contributed by atoms with van der Waals surface area (Å²) in [6.07, 6.45) is 3.84. The summed E-state index contributed by atoms with van der Waals surface area (Å²) in [5, 5.41) is 9.64. The second-order valence-electron chi connectivity index (χ2n) is 6.55. The summed E-state index contributed by atoms with van der Waals surface area (Å²) in [4.78, 5) is 11.8. The zero-order valence-corrected chi connectivity index (χ0v) is 23.3. The molecule has 0 saturated heterocycles. The molecule has 196 valence electrons. The van der Waals surface area contributed by atoms with Crippen molar-refractivity contribution in [2.45, 2.75) is 46.4 Å². The number of methoxy groups -OCH3 is 1. The van der Waals surface area contributed by atoms with Crippen LogP contribution in [0.15, 0.2) is 47.4 Å². The molecular formula is C24H29Cl2FN4O4S. The number of anilines is 1. The Kier molecular flexibility index (Phi) is 12.1. The third-order valence-corrected chi connectivity index (χ3v) is 6.32. The quantitative estimate of drug-likeness (QED) is 0.308. The zero-order valence-electron chi connectivity index (χ0n) is 21.0. The van der Waals surface area contributed by atoms with Crippen molar-refractivity contribution in [1.82, 2.24) is 15.0 Å². The Bertz CT molecular complexity index is 1310. The van der Waals surface area contributed by atoms with Gasteiger partial charge in [0.1, 0.15) is 0 Å². The van der Waals surface area contributed by atoms with E-state index >= 15 is 4.39 Å². The van der Waals surface area contributed by atoms with Gasteiger partial charge < -0.3 is 9.84 Å². The van der Waals surface area contributed by atoms with Gasteiger partial charge in [-0.25, -0.2) is 17.8 Å². The van der Waals surface area contributed by atoms with Crippen LogP contribution in [0, 0.1) is 5.82 Å². The number of hydrogen-bond donors (Lipinski definition) is 2. The van der Waals surface area contributed by atoms with E-state index in [-0.39, 0.29) is 43.5 Å². The molecule has 0 saturated carbocycles. The van der Waals surface area contributed by atoms with Crippen molar-refractivity contribution in [1.29, 1.82) is 0 Å². The van der Waals surface area contributed by atoms with Crippen molar-refractivity contribution < 1.29 is 22.7 Å². The van der Waals surface area contributed by atoms with Crippen molar-refractivity contribution in [3.63, 3.8) is 0 Å². The number of aliphatic hydroxyl groups excluding tert-OH is 1. The summed E-state index contributed by atoms with van der Waals surface area (Å²) in [5.74, 6) is -1.10. The number of ether oxygens (including phenoxy) is 1. The van der Waals surface area contributed by atoms with Crippen LogP contribution in [0.5, 0.6) is 5.88 Å². The Balaban J connectivity index is 0.00000154. The molecule has 0 atom stereocenters. The van der Waals surface area contributed by atoms with E-state index in [1.54, 1.807) is 6.92 Å². The van der Waals surface area contributed by atoms with Crippen molar-refractivity contribution in [3.8, 4) is 17.1 Å². The molecule has 0 aliphatic heterocycles. The SMILES string of the molecule is CC.CC.COc1ncc(Cl)cc1S(=O)(=O)Nc1ccc(Cl)c(-c2cnc(/C(C)=C(/C)O)cn2)c1F. The molecule has 0 bridgehead atoms. The molecule has 0 spiro atoms. The minimum Gasteiger partial charge on any atom is -0.512 e. The van der Waals surface area contributed by atoms with Crippen molar-refractivity contribution in [2.75, 3.05) is 11.8 Å². The molecule has 2 N–H and O–H groups in total. The number of aromatic nitrogens is 3. The molecular weight excluding hydrogens is 530 g/mol. The first-order chi connectivity index (χ1) is 17.0. The summed E-state index contributed by atoms with van der Waals surface area (Å²) in [5.41, 5.74) is 0.440. The van der Waals surface area contributed by atoms with E-state index in [9.17, 15) is 13.5 Å². The van der Waals surface area contributed by atoms with Crippen molar-refractivity contribution in [3.05, 3.63) is 64.1 Å². The Morgan fingerprint density at radius 3 is 2.19 bits per heavy atom. The first-order valence-corrected chi connectivity index (χ1v) is 13.2. The summed E-state index contributed by atoms with van der Waals surface area (Å²) in [6.45, 7) is 11.2. The van der Waals surface area contributed by atoms with Crippen LogP contribution in [0.2, 0.25) is 10.0 Å². The van der Waals surface area contributed by atoms with E-state index in [2.05, 4.69) is 19.7 Å². The number of nitrogens with one attached hydrogen (secondary N) is 1.